The summed E-state index contributed by atoms with van der Waals surface area (Å²) in [4.78, 5) is 0. The third-order valence-electron chi connectivity index (χ3n) is 2.97. The van der Waals surface area contributed by atoms with Gasteiger partial charge in [-0.25, -0.2) is 8.78 Å². The van der Waals surface area contributed by atoms with Crippen molar-refractivity contribution in [3.05, 3.63) is 36.0 Å². The van der Waals surface area contributed by atoms with E-state index < -0.39 is 18.9 Å². The summed E-state index contributed by atoms with van der Waals surface area (Å²) in [5, 5.41) is 3.31. The lowest BCUT2D eigenvalue weighted by molar-refractivity contribution is -0.125. The van der Waals surface area contributed by atoms with Crippen LogP contribution in [0.2, 0.25) is 0 Å². The Morgan fingerprint density at radius 1 is 1.26 bits per heavy atom. The summed E-state index contributed by atoms with van der Waals surface area (Å²) in [6.45, 7) is -0.905. The molecule has 0 bridgehead atoms. The van der Waals surface area contributed by atoms with Crippen LogP contribution in [-0.4, -0.2) is 23.5 Å². The molecule has 2 aromatic rings. The lowest BCUT2D eigenvalue weighted by Gasteiger charge is -2.15. The fourth-order valence-corrected chi connectivity index (χ4v) is 2.01. The maximum absolute atomic E-state index is 12.8. The summed E-state index contributed by atoms with van der Waals surface area (Å²) in [7, 11) is 1.85. The van der Waals surface area contributed by atoms with Crippen LogP contribution in [0.15, 0.2) is 30.5 Å². The normalized spacial score (nSPS) is 12.5. The van der Waals surface area contributed by atoms with Gasteiger partial charge >= 0.3 is 12.3 Å². The SMILES string of the molecule is Cn1cc(CNCC(F)(F)C(F)F)c2ccccc21. The molecule has 0 saturated heterocycles. The van der Waals surface area contributed by atoms with Gasteiger partial charge in [0.1, 0.15) is 0 Å². The molecule has 1 heterocycles. The fourth-order valence-electron chi connectivity index (χ4n) is 2.01. The number of aryl methyl sites for hydroxylation is 1. The van der Waals surface area contributed by atoms with Crippen molar-refractivity contribution in [3.8, 4) is 0 Å². The van der Waals surface area contributed by atoms with Crippen LogP contribution in [0.4, 0.5) is 17.6 Å². The molecule has 1 aromatic heterocycles. The van der Waals surface area contributed by atoms with Gasteiger partial charge in [0.05, 0.1) is 6.54 Å². The smallest absolute Gasteiger partial charge is 0.319 e. The predicted molar refractivity (Wildman–Crippen MR) is 65.6 cm³/mol. The van der Waals surface area contributed by atoms with E-state index in [1.165, 1.54) is 0 Å². The zero-order chi connectivity index (χ0) is 14.0. The van der Waals surface area contributed by atoms with Crippen molar-refractivity contribution < 1.29 is 17.6 Å². The van der Waals surface area contributed by atoms with Crippen molar-refractivity contribution in [1.82, 2.24) is 9.88 Å². The molecule has 0 aliphatic carbocycles. The summed E-state index contributed by atoms with van der Waals surface area (Å²) >= 11 is 0. The first-order chi connectivity index (χ1) is 8.92. The second-order valence-electron chi connectivity index (χ2n) is 4.45. The number of para-hydroxylation sites is 1. The first kappa shape index (κ1) is 13.9. The molecule has 0 fully saturated rings. The Balaban J connectivity index is 2.07. The molecular weight excluding hydrogens is 260 g/mol. The molecule has 0 unspecified atom stereocenters. The van der Waals surface area contributed by atoms with Crippen molar-refractivity contribution in [1.29, 1.82) is 0 Å². The van der Waals surface area contributed by atoms with Crippen LogP contribution < -0.4 is 5.32 Å². The highest BCUT2D eigenvalue weighted by Crippen LogP contribution is 2.23. The highest BCUT2D eigenvalue weighted by Gasteiger charge is 2.39. The van der Waals surface area contributed by atoms with Crippen LogP contribution in [0.5, 0.6) is 0 Å². The number of nitrogens with one attached hydrogen (secondary N) is 1. The van der Waals surface area contributed by atoms with Gasteiger partial charge in [0.2, 0.25) is 0 Å². The molecule has 104 valence electrons. The minimum Gasteiger partial charge on any atom is -0.350 e. The fraction of sp³-hybridized carbons (Fsp3) is 0.385. The van der Waals surface area contributed by atoms with Gasteiger partial charge in [-0.2, -0.15) is 8.78 Å². The lowest BCUT2D eigenvalue weighted by Crippen LogP contribution is -2.38. The van der Waals surface area contributed by atoms with Gasteiger partial charge in [0, 0.05) is 30.7 Å². The van der Waals surface area contributed by atoms with Crippen LogP contribution in [0.3, 0.4) is 0 Å². The number of aromatic nitrogens is 1. The van der Waals surface area contributed by atoms with Crippen molar-refractivity contribution in [2.45, 2.75) is 18.9 Å². The summed E-state index contributed by atoms with van der Waals surface area (Å²) in [6.07, 6.45) is -1.84. The number of hydrogen-bond acceptors (Lipinski definition) is 1. The van der Waals surface area contributed by atoms with Gasteiger partial charge in [-0.15, -0.1) is 0 Å². The van der Waals surface area contributed by atoms with E-state index >= 15 is 0 Å². The van der Waals surface area contributed by atoms with Crippen LogP contribution in [-0.2, 0) is 13.6 Å². The third-order valence-corrected chi connectivity index (χ3v) is 2.97. The average molecular weight is 274 g/mol. The minimum absolute atomic E-state index is 0.129. The van der Waals surface area contributed by atoms with Crippen LogP contribution in [0.25, 0.3) is 10.9 Å². The number of alkyl halides is 4. The largest absolute Gasteiger partial charge is 0.350 e. The summed E-state index contributed by atoms with van der Waals surface area (Å²) in [6, 6.07) is 7.51. The van der Waals surface area contributed by atoms with E-state index in [2.05, 4.69) is 5.32 Å². The first-order valence-electron chi connectivity index (χ1n) is 5.81. The van der Waals surface area contributed by atoms with Gasteiger partial charge in [-0.1, -0.05) is 18.2 Å². The highest BCUT2D eigenvalue weighted by molar-refractivity contribution is 5.83. The monoisotopic (exact) mass is 274 g/mol. The number of rotatable bonds is 5. The minimum atomic E-state index is -4.00. The topological polar surface area (TPSA) is 17.0 Å². The molecule has 6 heteroatoms. The van der Waals surface area contributed by atoms with Crippen molar-refractivity contribution in [2.75, 3.05) is 6.54 Å². The van der Waals surface area contributed by atoms with Gasteiger partial charge in [0.25, 0.3) is 0 Å². The summed E-state index contributed by atoms with van der Waals surface area (Å²) < 4.78 is 51.4. The molecule has 0 spiro atoms. The predicted octanol–water partition coefficient (Wildman–Crippen LogP) is 3.17. The number of benzene rings is 1. The van der Waals surface area contributed by atoms with E-state index in [0.29, 0.717) is 0 Å². The van der Waals surface area contributed by atoms with Gasteiger partial charge in [0.15, 0.2) is 0 Å². The first-order valence-corrected chi connectivity index (χ1v) is 5.81. The highest BCUT2D eigenvalue weighted by atomic mass is 19.3. The Labute approximate surface area is 108 Å². The van der Waals surface area contributed by atoms with E-state index in [1.807, 2.05) is 35.9 Å². The molecule has 0 atom stereocenters. The maximum atomic E-state index is 12.8. The number of hydrogen-bond donors (Lipinski definition) is 1. The van der Waals surface area contributed by atoms with E-state index in [0.717, 1.165) is 16.5 Å². The molecular formula is C13H14F4N2. The van der Waals surface area contributed by atoms with Crippen molar-refractivity contribution >= 4 is 10.9 Å². The molecule has 1 aromatic carbocycles. The van der Waals surface area contributed by atoms with E-state index in [4.69, 9.17) is 0 Å². The van der Waals surface area contributed by atoms with Crippen LogP contribution >= 0.6 is 0 Å². The molecule has 0 aliphatic heterocycles. The van der Waals surface area contributed by atoms with Crippen molar-refractivity contribution in [2.24, 2.45) is 7.05 Å². The third kappa shape index (κ3) is 2.89. The van der Waals surface area contributed by atoms with Gasteiger partial charge in [-0.3, -0.25) is 0 Å². The van der Waals surface area contributed by atoms with Gasteiger partial charge in [-0.05, 0) is 11.6 Å². The van der Waals surface area contributed by atoms with Crippen molar-refractivity contribution in [3.63, 3.8) is 0 Å². The zero-order valence-electron chi connectivity index (χ0n) is 10.3. The number of fused-ring (bicyclic) bond motifs is 1. The molecule has 2 nitrogen and oxygen atoms in total. The standard InChI is InChI=1S/C13H14F4N2/c1-19-7-9(10-4-2-3-5-11(10)19)6-18-8-13(16,17)12(14)15/h2-5,7,12,18H,6,8H2,1H3. The van der Waals surface area contributed by atoms with E-state index in [9.17, 15) is 17.6 Å². The van der Waals surface area contributed by atoms with Gasteiger partial charge < -0.3 is 9.88 Å². The second-order valence-corrected chi connectivity index (χ2v) is 4.45. The quantitative estimate of drug-likeness (QED) is 0.829. The second kappa shape index (κ2) is 5.21. The Morgan fingerprint density at radius 2 is 1.95 bits per heavy atom. The molecule has 2 rings (SSSR count). The van der Waals surface area contributed by atoms with Crippen LogP contribution in [0, 0.1) is 0 Å². The Kier molecular flexibility index (Phi) is 3.80. The average Bonchev–Trinajstić information content (AvgIpc) is 2.67. The molecule has 0 radical (unpaired) electrons. The summed E-state index contributed by atoms with van der Waals surface area (Å²) in [5.74, 6) is -4.00. The Bertz CT molecular complexity index is 563. The lowest BCUT2D eigenvalue weighted by atomic mass is 10.2. The number of nitrogens with zero attached hydrogens (tertiary/aromatic N) is 1. The molecule has 19 heavy (non-hydrogen) atoms. The molecule has 0 saturated carbocycles. The van der Waals surface area contributed by atoms with Crippen LogP contribution in [0.1, 0.15) is 5.56 Å². The molecule has 0 aliphatic rings. The Hall–Kier alpha value is -1.56. The Morgan fingerprint density at radius 3 is 2.63 bits per heavy atom. The maximum Gasteiger partial charge on any atom is 0.319 e. The van der Waals surface area contributed by atoms with E-state index in [-0.39, 0.29) is 6.54 Å². The number of halogens is 4. The zero-order valence-corrected chi connectivity index (χ0v) is 10.3. The molecule has 0 amide bonds. The van der Waals surface area contributed by atoms with E-state index in [1.54, 1.807) is 6.20 Å². The summed E-state index contributed by atoms with van der Waals surface area (Å²) in [5.41, 5.74) is 1.78. The molecule has 1 N–H and O–H groups in total.